The minimum atomic E-state index is 0.312. The molecule has 0 spiro atoms. The van der Waals surface area contributed by atoms with Gasteiger partial charge in [0, 0.05) is 14.5 Å². The van der Waals surface area contributed by atoms with Gasteiger partial charge in [-0.25, -0.2) is 0 Å². The van der Waals surface area contributed by atoms with Crippen LogP contribution in [0.1, 0.15) is 0 Å². The minimum Gasteiger partial charge on any atom is -0.409 e. The fourth-order valence-electron chi connectivity index (χ4n) is 1.78. The van der Waals surface area contributed by atoms with Crippen LogP contribution >= 0.6 is 44.1 Å². The normalized spacial score (nSPS) is 10.7. The number of hydrogen-bond acceptors (Lipinski definition) is 3. The molecule has 100 valence electrons. The van der Waals surface area contributed by atoms with Crippen molar-refractivity contribution in [1.29, 1.82) is 0 Å². The van der Waals surface area contributed by atoms with E-state index in [1.807, 2.05) is 48.5 Å². The molecule has 2 aromatic carbocycles. The molecule has 0 saturated carbocycles. The highest BCUT2D eigenvalue weighted by Gasteiger charge is 2.11. The summed E-state index contributed by atoms with van der Waals surface area (Å²) in [4.78, 5) is 0.312. The molecular formula is C14H8Br2N2OS. The summed E-state index contributed by atoms with van der Waals surface area (Å²) in [5.74, 6) is 0.505. The molecule has 20 heavy (non-hydrogen) atoms. The van der Waals surface area contributed by atoms with Crippen molar-refractivity contribution in [2.24, 2.45) is 0 Å². The van der Waals surface area contributed by atoms with Crippen LogP contribution in [0.4, 0.5) is 0 Å². The zero-order valence-electron chi connectivity index (χ0n) is 10.1. The quantitative estimate of drug-likeness (QED) is 0.530. The number of rotatable bonds is 2. The SMILES string of the molecule is S=c1oc(-c2ccccc2)nn1-c1ccc(Br)cc1Br. The molecule has 0 radical (unpaired) electrons. The van der Waals surface area contributed by atoms with Gasteiger partial charge in [0.05, 0.1) is 5.69 Å². The molecule has 0 amide bonds. The monoisotopic (exact) mass is 410 g/mol. The van der Waals surface area contributed by atoms with E-state index in [0.29, 0.717) is 10.7 Å². The topological polar surface area (TPSA) is 31.0 Å². The van der Waals surface area contributed by atoms with Gasteiger partial charge in [0.15, 0.2) is 0 Å². The van der Waals surface area contributed by atoms with Crippen molar-refractivity contribution in [2.75, 3.05) is 0 Å². The standard InChI is InChI=1S/C14H8Br2N2OS/c15-10-6-7-12(11(16)8-10)18-14(20)19-13(17-18)9-4-2-1-3-5-9/h1-8H. The number of halogens is 2. The van der Waals surface area contributed by atoms with Crippen LogP contribution in [0.25, 0.3) is 17.1 Å². The highest BCUT2D eigenvalue weighted by Crippen LogP contribution is 2.26. The molecule has 6 heteroatoms. The van der Waals surface area contributed by atoms with E-state index in [0.717, 1.165) is 20.2 Å². The number of hydrogen-bond donors (Lipinski definition) is 0. The van der Waals surface area contributed by atoms with Crippen molar-refractivity contribution in [2.45, 2.75) is 0 Å². The lowest BCUT2D eigenvalue weighted by Gasteiger charge is -2.03. The summed E-state index contributed by atoms with van der Waals surface area (Å²) in [6.07, 6.45) is 0. The Kier molecular flexibility index (Phi) is 3.87. The van der Waals surface area contributed by atoms with Crippen LogP contribution in [0.3, 0.4) is 0 Å². The van der Waals surface area contributed by atoms with Crippen LogP contribution < -0.4 is 0 Å². The maximum absolute atomic E-state index is 5.57. The predicted octanol–water partition coefficient (Wildman–Crippen LogP) is 5.39. The second-order valence-electron chi connectivity index (χ2n) is 4.05. The van der Waals surface area contributed by atoms with E-state index in [2.05, 4.69) is 37.0 Å². The maximum atomic E-state index is 5.57. The zero-order valence-corrected chi connectivity index (χ0v) is 14.1. The number of nitrogens with zero attached hydrogens (tertiary/aromatic N) is 2. The van der Waals surface area contributed by atoms with Crippen molar-refractivity contribution in [1.82, 2.24) is 9.78 Å². The van der Waals surface area contributed by atoms with Gasteiger partial charge >= 0.3 is 0 Å². The Morgan fingerprint density at radius 3 is 2.50 bits per heavy atom. The molecule has 1 aromatic heterocycles. The highest BCUT2D eigenvalue weighted by atomic mass is 79.9. The van der Waals surface area contributed by atoms with E-state index in [-0.39, 0.29) is 0 Å². The molecular weight excluding hydrogens is 404 g/mol. The molecule has 0 N–H and O–H groups in total. The van der Waals surface area contributed by atoms with Gasteiger partial charge in [0.25, 0.3) is 4.84 Å². The molecule has 3 nitrogen and oxygen atoms in total. The summed E-state index contributed by atoms with van der Waals surface area (Å²) in [5, 5.41) is 4.44. The van der Waals surface area contributed by atoms with E-state index >= 15 is 0 Å². The molecule has 0 fully saturated rings. The summed E-state index contributed by atoms with van der Waals surface area (Å²) in [7, 11) is 0. The van der Waals surface area contributed by atoms with Crippen molar-refractivity contribution in [3.63, 3.8) is 0 Å². The van der Waals surface area contributed by atoms with Crippen LogP contribution in [-0.4, -0.2) is 9.78 Å². The van der Waals surface area contributed by atoms with Gasteiger partial charge in [-0.2, -0.15) is 4.68 Å². The molecule has 0 saturated heterocycles. The van der Waals surface area contributed by atoms with E-state index in [1.165, 1.54) is 0 Å². The summed E-state index contributed by atoms with van der Waals surface area (Å²) >= 11 is 12.2. The summed E-state index contributed by atoms with van der Waals surface area (Å²) in [5.41, 5.74) is 1.73. The zero-order chi connectivity index (χ0) is 14.1. The number of benzene rings is 2. The third-order valence-electron chi connectivity index (χ3n) is 2.71. The Hall–Kier alpha value is -1.24. The lowest BCUT2D eigenvalue weighted by Crippen LogP contribution is -1.97. The van der Waals surface area contributed by atoms with Gasteiger partial charge in [-0.05, 0) is 58.5 Å². The van der Waals surface area contributed by atoms with Crippen LogP contribution in [0.15, 0.2) is 61.9 Å². The largest absolute Gasteiger partial charge is 0.409 e. The average Bonchev–Trinajstić information content (AvgIpc) is 2.82. The Morgan fingerprint density at radius 2 is 1.80 bits per heavy atom. The lowest BCUT2D eigenvalue weighted by molar-refractivity contribution is 0.543. The Morgan fingerprint density at radius 1 is 1.05 bits per heavy atom. The summed E-state index contributed by atoms with van der Waals surface area (Å²) in [6, 6.07) is 15.5. The van der Waals surface area contributed by atoms with Crippen LogP contribution in [-0.2, 0) is 0 Å². The van der Waals surface area contributed by atoms with Crippen molar-refractivity contribution in [3.05, 3.63) is 62.3 Å². The van der Waals surface area contributed by atoms with Crippen molar-refractivity contribution < 1.29 is 4.42 Å². The van der Waals surface area contributed by atoms with E-state index in [4.69, 9.17) is 16.6 Å². The van der Waals surface area contributed by atoms with Crippen LogP contribution in [0, 0.1) is 4.84 Å². The van der Waals surface area contributed by atoms with E-state index in [9.17, 15) is 0 Å². The van der Waals surface area contributed by atoms with Crippen molar-refractivity contribution in [3.8, 4) is 17.1 Å². The van der Waals surface area contributed by atoms with Crippen LogP contribution in [0.5, 0.6) is 0 Å². The van der Waals surface area contributed by atoms with E-state index in [1.54, 1.807) is 4.68 Å². The van der Waals surface area contributed by atoms with Crippen LogP contribution in [0.2, 0.25) is 0 Å². The molecule has 0 bridgehead atoms. The second kappa shape index (κ2) is 5.63. The fourth-order valence-corrected chi connectivity index (χ4v) is 3.21. The minimum absolute atomic E-state index is 0.312. The molecule has 0 aliphatic heterocycles. The third kappa shape index (κ3) is 2.63. The summed E-state index contributed by atoms with van der Waals surface area (Å²) < 4.78 is 9.04. The first-order chi connectivity index (χ1) is 9.65. The Labute approximate surface area is 137 Å². The smallest absolute Gasteiger partial charge is 0.292 e. The van der Waals surface area contributed by atoms with Gasteiger partial charge in [0.2, 0.25) is 5.89 Å². The first kappa shape index (κ1) is 13.7. The van der Waals surface area contributed by atoms with Gasteiger partial charge in [-0.1, -0.05) is 34.1 Å². The molecule has 0 aliphatic rings. The highest BCUT2D eigenvalue weighted by molar-refractivity contribution is 9.11. The molecule has 0 atom stereocenters. The fraction of sp³-hybridized carbons (Fsp3) is 0. The second-order valence-corrected chi connectivity index (χ2v) is 6.17. The lowest BCUT2D eigenvalue weighted by atomic mass is 10.2. The molecule has 0 unspecified atom stereocenters. The molecule has 3 rings (SSSR count). The van der Waals surface area contributed by atoms with Gasteiger partial charge < -0.3 is 4.42 Å². The predicted molar refractivity (Wildman–Crippen MR) is 87.5 cm³/mol. The third-order valence-corrected chi connectivity index (χ3v) is 4.09. The summed E-state index contributed by atoms with van der Waals surface area (Å²) in [6.45, 7) is 0. The Balaban J connectivity index is 2.12. The molecule has 1 heterocycles. The van der Waals surface area contributed by atoms with E-state index < -0.39 is 0 Å². The average molecular weight is 412 g/mol. The maximum Gasteiger partial charge on any atom is 0.292 e. The Bertz CT molecular complexity index is 812. The molecule has 3 aromatic rings. The van der Waals surface area contributed by atoms with Gasteiger partial charge in [-0.3, -0.25) is 0 Å². The molecule has 0 aliphatic carbocycles. The van der Waals surface area contributed by atoms with Gasteiger partial charge in [0.1, 0.15) is 0 Å². The first-order valence-corrected chi connectivity index (χ1v) is 7.75. The first-order valence-electron chi connectivity index (χ1n) is 5.76. The number of aromatic nitrogens is 2. The van der Waals surface area contributed by atoms with Crippen molar-refractivity contribution >= 4 is 44.1 Å². The van der Waals surface area contributed by atoms with Gasteiger partial charge in [-0.15, -0.1) is 5.10 Å².